The van der Waals surface area contributed by atoms with Gasteiger partial charge in [0.05, 0.1) is 5.69 Å². The van der Waals surface area contributed by atoms with Crippen molar-refractivity contribution >= 4 is 31.9 Å². The molecule has 0 saturated heterocycles. The van der Waals surface area contributed by atoms with Crippen molar-refractivity contribution in [3.63, 3.8) is 0 Å². The molecule has 0 saturated carbocycles. The van der Waals surface area contributed by atoms with E-state index in [0.717, 1.165) is 27.5 Å². The zero-order valence-electron chi connectivity index (χ0n) is 10.9. The first-order chi connectivity index (χ1) is 10.2. The quantitative estimate of drug-likeness (QED) is 0.602. The number of aryl methyl sites for hydroxylation is 1. The lowest BCUT2D eigenvalue weighted by Crippen LogP contribution is -2.00. The van der Waals surface area contributed by atoms with Gasteiger partial charge in [-0.05, 0) is 12.1 Å². The molecule has 0 amide bonds. The predicted octanol–water partition coefficient (Wildman–Crippen LogP) is 3.08. The summed E-state index contributed by atoms with van der Waals surface area (Å²) in [5.74, 6) is 1.06. The van der Waals surface area contributed by atoms with E-state index in [0.29, 0.717) is 18.3 Å². The van der Waals surface area contributed by atoms with E-state index in [4.69, 9.17) is 4.52 Å². The maximum absolute atomic E-state index is 5.26. The molecule has 0 unspecified atom stereocenters. The molecule has 0 aliphatic heterocycles. The summed E-state index contributed by atoms with van der Waals surface area (Å²) < 4.78 is 7.92. The van der Waals surface area contributed by atoms with E-state index in [1.54, 1.807) is 4.68 Å². The Morgan fingerprint density at radius 3 is 3.00 bits per heavy atom. The molecule has 108 valence electrons. The second kappa shape index (κ2) is 6.48. The van der Waals surface area contributed by atoms with Gasteiger partial charge in [0.2, 0.25) is 11.7 Å². The van der Waals surface area contributed by atoms with Gasteiger partial charge in [0.15, 0.2) is 0 Å². The van der Waals surface area contributed by atoms with Crippen LogP contribution >= 0.6 is 31.9 Å². The molecule has 3 aromatic rings. The molecule has 6 nitrogen and oxygen atoms in total. The van der Waals surface area contributed by atoms with Gasteiger partial charge in [0, 0.05) is 28.0 Å². The number of hydrogen-bond donors (Lipinski definition) is 0. The summed E-state index contributed by atoms with van der Waals surface area (Å²) in [5.41, 5.74) is 1.83. The van der Waals surface area contributed by atoms with Gasteiger partial charge < -0.3 is 4.52 Å². The van der Waals surface area contributed by atoms with Gasteiger partial charge in [-0.15, -0.1) is 5.10 Å². The van der Waals surface area contributed by atoms with Crippen LogP contribution in [0, 0.1) is 0 Å². The maximum Gasteiger partial charge on any atom is 0.248 e. The monoisotopic (exact) mass is 411 g/mol. The van der Waals surface area contributed by atoms with Gasteiger partial charge in [-0.3, -0.25) is 0 Å². The smallest absolute Gasteiger partial charge is 0.248 e. The Balaban J connectivity index is 1.75. The first-order valence-corrected chi connectivity index (χ1v) is 8.19. The number of halogens is 2. The van der Waals surface area contributed by atoms with E-state index in [1.165, 1.54) is 0 Å². The van der Waals surface area contributed by atoms with Gasteiger partial charge in [0.1, 0.15) is 6.54 Å². The van der Waals surface area contributed by atoms with Crippen LogP contribution in [0.4, 0.5) is 0 Å². The molecule has 3 rings (SSSR count). The molecule has 0 bridgehead atoms. The van der Waals surface area contributed by atoms with Crippen LogP contribution in [0.15, 0.2) is 39.5 Å². The highest BCUT2D eigenvalue weighted by Gasteiger charge is 2.10. The van der Waals surface area contributed by atoms with Crippen molar-refractivity contribution in [3.8, 4) is 11.4 Å². The molecule has 0 aliphatic rings. The second-order valence-corrected chi connectivity index (χ2v) is 6.08. The summed E-state index contributed by atoms with van der Waals surface area (Å²) in [6, 6.07) is 7.76. The summed E-state index contributed by atoms with van der Waals surface area (Å²) in [6.45, 7) is 0.413. The molecule has 0 radical (unpaired) electrons. The first kappa shape index (κ1) is 14.4. The third-order valence-electron chi connectivity index (χ3n) is 2.78. The van der Waals surface area contributed by atoms with Crippen LogP contribution in [0.2, 0.25) is 0 Å². The van der Waals surface area contributed by atoms with Gasteiger partial charge >= 0.3 is 0 Å². The highest BCUT2D eigenvalue weighted by atomic mass is 79.9. The fourth-order valence-corrected chi connectivity index (χ4v) is 2.64. The summed E-state index contributed by atoms with van der Waals surface area (Å²) in [5, 5.41) is 13.0. The van der Waals surface area contributed by atoms with E-state index in [2.05, 4.69) is 52.3 Å². The normalized spacial score (nSPS) is 11.0. The molecule has 0 fully saturated rings. The van der Waals surface area contributed by atoms with E-state index < -0.39 is 0 Å². The third kappa shape index (κ3) is 3.56. The van der Waals surface area contributed by atoms with Gasteiger partial charge in [-0.2, -0.15) is 4.98 Å². The molecular weight excluding hydrogens is 402 g/mol. The molecule has 1 aromatic carbocycles. The Bertz CT molecular complexity index is 740. The summed E-state index contributed by atoms with van der Waals surface area (Å²) in [4.78, 5) is 4.38. The summed E-state index contributed by atoms with van der Waals surface area (Å²) in [7, 11) is 0. The highest BCUT2D eigenvalue weighted by Crippen LogP contribution is 2.20. The largest absolute Gasteiger partial charge is 0.337 e. The molecule has 0 aliphatic carbocycles. The van der Waals surface area contributed by atoms with Crippen molar-refractivity contribution < 1.29 is 4.52 Å². The Morgan fingerprint density at radius 1 is 1.29 bits per heavy atom. The number of benzene rings is 1. The van der Waals surface area contributed by atoms with E-state index in [-0.39, 0.29) is 0 Å². The standard InChI is InChI=1S/C13H11Br2N5O/c14-5-4-11-7-20(19-17-11)8-12-16-13(18-21-12)9-2-1-3-10(15)6-9/h1-3,6-7H,4-5,8H2. The summed E-state index contributed by atoms with van der Waals surface area (Å²) in [6.07, 6.45) is 2.72. The molecule has 0 atom stereocenters. The average molecular weight is 413 g/mol. The van der Waals surface area contributed by atoms with E-state index in [1.807, 2.05) is 30.5 Å². The van der Waals surface area contributed by atoms with Crippen molar-refractivity contribution in [2.75, 3.05) is 5.33 Å². The molecule has 21 heavy (non-hydrogen) atoms. The van der Waals surface area contributed by atoms with Gasteiger partial charge in [-0.25, -0.2) is 4.68 Å². The Morgan fingerprint density at radius 2 is 2.19 bits per heavy atom. The van der Waals surface area contributed by atoms with Crippen LogP contribution in [0.5, 0.6) is 0 Å². The third-order valence-corrected chi connectivity index (χ3v) is 3.67. The van der Waals surface area contributed by atoms with Crippen molar-refractivity contribution in [3.05, 3.63) is 46.5 Å². The number of aromatic nitrogens is 5. The Kier molecular flexibility index (Phi) is 4.45. The van der Waals surface area contributed by atoms with Crippen LogP contribution in [-0.2, 0) is 13.0 Å². The van der Waals surface area contributed by atoms with Crippen molar-refractivity contribution in [1.29, 1.82) is 0 Å². The topological polar surface area (TPSA) is 69.6 Å². The first-order valence-electron chi connectivity index (χ1n) is 6.28. The van der Waals surface area contributed by atoms with E-state index in [9.17, 15) is 0 Å². The minimum atomic E-state index is 0.413. The lowest BCUT2D eigenvalue weighted by molar-refractivity contribution is 0.364. The lowest BCUT2D eigenvalue weighted by Gasteiger charge is -1.94. The fourth-order valence-electron chi connectivity index (χ4n) is 1.83. The van der Waals surface area contributed by atoms with Crippen molar-refractivity contribution in [2.24, 2.45) is 0 Å². The number of hydrogen-bond acceptors (Lipinski definition) is 5. The minimum absolute atomic E-state index is 0.413. The van der Waals surface area contributed by atoms with Crippen LogP contribution in [0.1, 0.15) is 11.6 Å². The van der Waals surface area contributed by atoms with Gasteiger partial charge in [0.25, 0.3) is 0 Å². The lowest BCUT2D eigenvalue weighted by atomic mass is 10.2. The molecular formula is C13H11Br2N5O. The molecule has 0 N–H and O–H groups in total. The summed E-state index contributed by atoms with van der Waals surface area (Å²) >= 11 is 6.80. The van der Waals surface area contributed by atoms with Gasteiger partial charge in [-0.1, -0.05) is 54.4 Å². The van der Waals surface area contributed by atoms with Crippen LogP contribution in [0.3, 0.4) is 0 Å². The van der Waals surface area contributed by atoms with E-state index >= 15 is 0 Å². The zero-order valence-corrected chi connectivity index (χ0v) is 14.1. The van der Waals surface area contributed by atoms with Crippen molar-refractivity contribution in [2.45, 2.75) is 13.0 Å². The van der Waals surface area contributed by atoms with Crippen LogP contribution < -0.4 is 0 Å². The molecule has 2 aromatic heterocycles. The number of alkyl halides is 1. The minimum Gasteiger partial charge on any atom is -0.337 e. The number of nitrogens with zero attached hydrogens (tertiary/aromatic N) is 5. The number of rotatable bonds is 5. The van der Waals surface area contributed by atoms with Crippen LogP contribution in [0.25, 0.3) is 11.4 Å². The SMILES string of the molecule is BrCCc1cn(Cc2nc(-c3cccc(Br)c3)no2)nn1. The molecule has 0 spiro atoms. The Labute approximate surface area is 137 Å². The molecule has 2 heterocycles. The molecule has 8 heteroatoms. The van der Waals surface area contributed by atoms with Crippen molar-refractivity contribution in [1.82, 2.24) is 25.1 Å². The second-order valence-electron chi connectivity index (χ2n) is 4.37. The zero-order chi connectivity index (χ0) is 14.7. The van der Waals surface area contributed by atoms with Crippen LogP contribution in [-0.4, -0.2) is 30.5 Å². The maximum atomic E-state index is 5.26. The Hall–Kier alpha value is -1.54. The fraction of sp³-hybridized carbons (Fsp3) is 0.231. The highest BCUT2D eigenvalue weighted by molar-refractivity contribution is 9.10. The average Bonchev–Trinajstić information content (AvgIpc) is 3.10. The predicted molar refractivity (Wildman–Crippen MR) is 84.1 cm³/mol.